The van der Waals surface area contributed by atoms with Crippen molar-refractivity contribution in [3.8, 4) is 0 Å². The fraction of sp³-hybridized carbons (Fsp3) is 0.436. The zero-order valence-corrected chi connectivity index (χ0v) is 30.0. The number of hydrogen-bond acceptors (Lipinski definition) is 6. The Balaban J connectivity index is 1.89. The van der Waals surface area contributed by atoms with Gasteiger partial charge in [-0.1, -0.05) is 78.9 Å². The summed E-state index contributed by atoms with van der Waals surface area (Å²) in [5.41, 5.74) is 0.365. The number of aliphatic hydroxyl groups excluding tert-OH is 1. The second-order valence-corrected chi connectivity index (χ2v) is 14.2. The van der Waals surface area contributed by atoms with Crippen LogP contribution in [0.5, 0.6) is 0 Å². The monoisotopic (exact) mass is 672 g/mol. The molecule has 0 aliphatic heterocycles. The summed E-state index contributed by atoms with van der Waals surface area (Å²) in [5.74, 6) is -1.21. The van der Waals surface area contributed by atoms with Crippen molar-refractivity contribution >= 4 is 34.6 Å². The fourth-order valence-electron chi connectivity index (χ4n) is 5.33. The van der Waals surface area contributed by atoms with E-state index in [0.29, 0.717) is 6.42 Å². The van der Waals surface area contributed by atoms with Crippen molar-refractivity contribution in [3.63, 3.8) is 0 Å². The minimum Gasteiger partial charge on any atom is -0.444 e. The molecule has 3 atom stereocenters. The van der Waals surface area contributed by atoms with Crippen molar-refractivity contribution in [2.75, 3.05) is 20.6 Å². The minimum atomic E-state index is -0.945. The first kappa shape index (κ1) is 38.7. The molecular formula is C39H52N4O6. The van der Waals surface area contributed by atoms with E-state index < -0.39 is 53.1 Å². The van der Waals surface area contributed by atoms with Gasteiger partial charge in [-0.05, 0) is 75.9 Å². The van der Waals surface area contributed by atoms with Gasteiger partial charge in [0, 0.05) is 39.0 Å². The third kappa shape index (κ3) is 12.4. The van der Waals surface area contributed by atoms with Gasteiger partial charge in [0.05, 0.1) is 6.10 Å². The molecule has 10 nitrogen and oxygen atoms in total. The molecule has 3 rings (SSSR count). The first-order chi connectivity index (χ1) is 23.0. The van der Waals surface area contributed by atoms with Gasteiger partial charge in [0.2, 0.25) is 17.7 Å². The second kappa shape index (κ2) is 17.1. The van der Waals surface area contributed by atoms with Crippen LogP contribution >= 0.6 is 0 Å². The second-order valence-electron chi connectivity index (χ2n) is 14.2. The summed E-state index contributed by atoms with van der Waals surface area (Å²) >= 11 is 0. The molecule has 0 radical (unpaired) electrons. The number of rotatable bonds is 14. The number of nitrogens with zero attached hydrogens (tertiary/aromatic N) is 2. The van der Waals surface area contributed by atoms with Crippen LogP contribution in [-0.2, 0) is 32.0 Å². The van der Waals surface area contributed by atoms with Gasteiger partial charge in [-0.2, -0.15) is 0 Å². The number of nitrogens with one attached hydrogen (secondary N) is 2. The average Bonchev–Trinajstić information content (AvgIpc) is 3.03. The summed E-state index contributed by atoms with van der Waals surface area (Å²) in [6.07, 6.45) is 2.54. The number of likely N-dealkylation sites (N-methyl/N-ethyl adjacent to an activating group) is 2. The van der Waals surface area contributed by atoms with E-state index in [1.165, 1.54) is 15.9 Å². The minimum absolute atomic E-state index is 0.0367. The van der Waals surface area contributed by atoms with Crippen molar-refractivity contribution in [3.05, 3.63) is 96.1 Å². The van der Waals surface area contributed by atoms with Gasteiger partial charge in [-0.25, -0.2) is 4.79 Å². The van der Waals surface area contributed by atoms with Crippen molar-refractivity contribution in [2.45, 2.75) is 90.1 Å². The smallest absolute Gasteiger partial charge is 0.408 e. The van der Waals surface area contributed by atoms with E-state index >= 15 is 0 Å². The van der Waals surface area contributed by atoms with E-state index in [2.05, 4.69) is 10.6 Å². The number of amides is 4. The molecule has 0 bridgehead atoms. The molecule has 4 amide bonds. The maximum absolute atomic E-state index is 14.4. The number of alkyl carbamates (subject to hydrolysis) is 1. The van der Waals surface area contributed by atoms with Crippen molar-refractivity contribution in [1.29, 1.82) is 0 Å². The van der Waals surface area contributed by atoms with Gasteiger partial charge in [0.1, 0.15) is 17.7 Å². The average molecular weight is 673 g/mol. The highest BCUT2D eigenvalue weighted by Crippen LogP contribution is 2.21. The Morgan fingerprint density at radius 1 is 0.816 bits per heavy atom. The molecule has 3 N–H and O–H groups in total. The molecule has 0 fully saturated rings. The number of carbonyl (C=O) groups excluding carboxylic acids is 4. The van der Waals surface area contributed by atoms with Crippen LogP contribution in [-0.4, -0.2) is 88.7 Å². The van der Waals surface area contributed by atoms with Crippen molar-refractivity contribution in [1.82, 2.24) is 20.4 Å². The molecule has 0 aliphatic rings. The van der Waals surface area contributed by atoms with Crippen LogP contribution in [0.3, 0.4) is 0 Å². The first-order valence-corrected chi connectivity index (χ1v) is 16.6. The van der Waals surface area contributed by atoms with E-state index in [0.717, 1.165) is 21.9 Å². The molecule has 3 aromatic carbocycles. The predicted molar refractivity (Wildman–Crippen MR) is 193 cm³/mol. The molecule has 3 aromatic rings. The Bertz CT molecular complexity index is 1610. The highest BCUT2D eigenvalue weighted by molar-refractivity contribution is 5.95. The standard InChI is InChI=1S/C39H52N4O6/c1-27(44)26-40-35(46)32(24-28-15-10-9-11-16-28)43(8)36(47)33(25-29-20-21-30-17-12-13-18-31(30)23-29)42(7)34(45)19-14-22-39(5,6)41-37(48)49-38(2,3)4/h9-21,23,27,32-33,44H,22,24-26H2,1-8H3,(H,40,46)(H,41,48)/b19-14+/t27-,32-,33-/m1/s1. The lowest BCUT2D eigenvalue weighted by atomic mass is 9.98. The molecule has 264 valence electrons. The lowest BCUT2D eigenvalue weighted by molar-refractivity contribution is -0.146. The van der Waals surface area contributed by atoms with Crippen LogP contribution in [0.25, 0.3) is 10.8 Å². The maximum atomic E-state index is 14.4. The van der Waals surface area contributed by atoms with E-state index in [4.69, 9.17) is 4.74 Å². The number of benzene rings is 3. The zero-order valence-electron chi connectivity index (χ0n) is 30.0. The summed E-state index contributed by atoms with van der Waals surface area (Å²) in [6, 6.07) is 21.4. The lowest BCUT2D eigenvalue weighted by Crippen LogP contribution is -2.56. The highest BCUT2D eigenvalue weighted by Gasteiger charge is 2.35. The first-order valence-electron chi connectivity index (χ1n) is 16.6. The Hall–Kier alpha value is -4.70. The predicted octanol–water partition coefficient (Wildman–Crippen LogP) is 5.03. The Kier molecular flexibility index (Phi) is 13.5. The van der Waals surface area contributed by atoms with E-state index in [-0.39, 0.29) is 19.4 Å². The number of hydrogen-bond donors (Lipinski definition) is 3. The third-order valence-electron chi connectivity index (χ3n) is 8.03. The molecule has 49 heavy (non-hydrogen) atoms. The van der Waals surface area contributed by atoms with E-state index in [9.17, 15) is 24.3 Å². The quantitative estimate of drug-likeness (QED) is 0.206. The fourth-order valence-corrected chi connectivity index (χ4v) is 5.33. The molecule has 0 unspecified atom stereocenters. The molecule has 0 saturated heterocycles. The van der Waals surface area contributed by atoms with Crippen molar-refractivity contribution in [2.24, 2.45) is 0 Å². The molecule has 0 spiro atoms. The molecule has 0 saturated carbocycles. The van der Waals surface area contributed by atoms with E-state index in [1.807, 2.05) is 86.6 Å². The number of carbonyl (C=O) groups is 4. The molecule has 0 aromatic heterocycles. The van der Waals surface area contributed by atoms with Gasteiger partial charge >= 0.3 is 6.09 Å². The molecule has 0 aliphatic carbocycles. The Morgan fingerprint density at radius 2 is 1.43 bits per heavy atom. The van der Waals surface area contributed by atoms with Crippen LogP contribution < -0.4 is 10.6 Å². The number of ether oxygens (including phenoxy) is 1. The largest absolute Gasteiger partial charge is 0.444 e. The van der Waals surface area contributed by atoms with Gasteiger partial charge in [-0.15, -0.1) is 0 Å². The van der Waals surface area contributed by atoms with Crippen LogP contribution in [0.15, 0.2) is 84.9 Å². The zero-order chi connectivity index (χ0) is 36.4. The molecular weight excluding hydrogens is 620 g/mol. The summed E-state index contributed by atoms with van der Waals surface area (Å²) in [4.78, 5) is 56.7. The van der Waals surface area contributed by atoms with E-state index in [1.54, 1.807) is 47.9 Å². The maximum Gasteiger partial charge on any atom is 0.408 e. The summed E-state index contributed by atoms with van der Waals surface area (Å²) in [6.45, 7) is 10.6. The Morgan fingerprint density at radius 3 is 2.06 bits per heavy atom. The van der Waals surface area contributed by atoms with Gasteiger partial charge in [-0.3, -0.25) is 14.4 Å². The topological polar surface area (TPSA) is 128 Å². The molecule has 10 heteroatoms. The van der Waals surface area contributed by atoms with Crippen LogP contribution in [0.2, 0.25) is 0 Å². The molecule has 0 heterocycles. The van der Waals surface area contributed by atoms with Gasteiger partial charge in [0.25, 0.3) is 0 Å². The highest BCUT2D eigenvalue weighted by atomic mass is 16.6. The summed E-state index contributed by atoms with van der Waals surface area (Å²) in [5, 5.41) is 17.5. The van der Waals surface area contributed by atoms with Crippen molar-refractivity contribution < 1.29 is 29.0 Å². The third-order valence-corrected chi connectivity index (χ3v) is 8.03. The number of fused-ring (bicyclic) bond motifs is 1. The van der Waals surface area contributed by atoms with Gasteiger partial charge in [0.15, 0.2) is 0 Å². The van der Waals surface area contributed by atoms with Crippen LogP contribution in [0, 0.1) is 0 Å². The van der Waals surface area contributed by atoms with Gasteiger partial charge < -0.3 is 30.3 Å². The SMILES string of the molecule is C[C@@H](O)CNC(=O)[C@@H](Cc1ccccc1)N(C)C(=O)[C@@H](Cc1ccc2ccccc2c1)N(C)C(=O)/C=C/CC(C)(C)NC(=O)OC(C)(C)C. The summed E-state index contributed by atoms with van der Waals surface area (Å²) < 4.78 is 5.37. The van der Waals surface area contributed by atoms with Crippen LogP contribution in [0.1, 0.15) is 59.1 Å². The summed E-state index contributed by atoms with van der Waals surface area (Å²) in [7, 11) is 3.15. The lowest BCUT2D eigenvalue weighted by Gasteiger charge is -2.34. The van der Waals surface area contributed by atoms with Crippen LogP contribution in [0.4, 0.5) is 4.79 Å². The number of aliphatic hydroxyl groups is 1. The Labute approximate surface area is 290 Å². The normalized spacial score (nSPS) is 13.7.